The normalized spacial score (nSPS) is 11.2. The van der Waals surface area contributed by atoms with Crippen molar-refractivity contribution in [3.8, 4) is 16.9 Å². The van der Waals surface area contributed by atoms with Crippen LogP contribution in [0.5, 0.6) is 5.75 Å². The van der Waals surface area contributed by atoms with Gasteiger partial charge in [-0.2, -0.15) is 0 Å². The Bertz CT molecular complexity index is 669. The lowest BCUT2D eigenvalue weighted by Gasteiger charge is -2.10. The first-order chi connectivity index (χ1) is 9.74. The van der Waals surface area contributed by atoms with Crippen molar-refractivity contribution in [1.29, 1.82) is 0 Å². The molecular weight excluding hydrogens is 351 g/mol. The monoisotopic (exact) mass is 359 g/mol. The van der Waals surface area contributed by atoms with Crippen LogP contribution in [0.25, 0.3) is 11.1 Å². The Kier molecular flexibility index (Phi) is 4.22. The molecule has 21 heavy (non-hydrogen) atoms. The number of ether oxygens (including phenoxy) is 1. The molecule has 2 N–H and O–H groups in total. The van der Waals surface area contributed by atoms with Crippen LogP contribution in [0.3, 0.4) is 0 Å². The summed E-state index contributed by atoms with van der Waals surface area (Å²) < 4.78 is 40.7. The molecule has 0 saturated heterocycles. The molecular formula is C14H9BrF3NO2. The Hall–Kier alpha value is -2.02. The lowest BCUT2D eigenvalue weighted by molar-refractivity contribution is -0.274. The van der Waals surface area contributed by atoms with Gasteiger partial charge in [0.2, 0.25) is 5.91 Å². The van der Waals surface area contributed by atoms with Gasteiger partial charge in [0.15, 0.2) is 0 Å². The number of nitrogens with two attached hydrogens (primary N) is 1. The summed E-state index contributed by atoms with van der Waals surface area (Å²) in [5.41, 5.74) is 6.80. The van der Waals surface area contributed by atoms with Crippen LogP contribution < -0.4 is 10.5 Å². The van der Waals surface area contributed by atoms with E-state index in [0.717, 1.165) is 0 Å². The third kappa shape index (κ3) is 4.22. The number of hydrogen-bond donors (Lipinski definition) is 1. The number of halogens is 4. The molecule has 0 aliphatic heterocycles. The van der Waals surface area contributed by atoms with Crippen LogP contribution in [-0.4, -0.2) is 12.3 Å². The zero-order valence-electron chi connectivity index (χ0n) is 10.4. The van der Waals surface area contributed by atoms with Crippen LogP contribution in [0.4, 0.5) is 13.2 Å². The van der Waals surface area contributed by atoms with E-state index in [1.165, 1.54) is 24.3 Å². The fourth-order valence-electron chi connectivity index (χ4n) is 1.75. The Morgan fingerprint density at radius 1 is 1.05 bits per heavy atom. The van der Waals surface area contributed by atoms with Crippen molar-refractivity contribution < 1.29 is 22.7 Å². The fourth-order valence-corrected chi connectivity index (χ4v) is 2.24. The molecule has 0 radical (unpaired) electrons. The number of rotatable bonds is 3. The number of amides is 1. The molecule has 0 fully saturated rings. The van der Waals surface area contributed by atoms with Gasteiger partial charge < -0.3 is 10.5 Å². The number of carbonyl (C=O) groups is 1. The second-order valence-electron chi connectivity index (χ2n) is 4.17. The molecule has 2 rings (SSSR count). The maximum Gasteiger partial charge on any atom is 0.573 e. The van der Waals surface area contributed by atoms with E-state index in [1.807, 2.05) is 0 Å². The first-order valence-electron chi connectivity index (χ1n) is 5.71. The largest absolute Gasteiger partial charge is 0.573 e. The van der Waals surface area contributed by atoms with E-state index in [-0.39, 0.29) is 5.75 Å². The van der Waals surface area contributed by atoms with Gasteiger partial charge >= 0.3 is 6.36 Å². The van der Waals surface area contributed by atoms with Gasteiger partial charge in [-0.3, -0.25) is 4.79 Å². The zero-order chi connectivity index (χ0) is 15.6. The molecule has 0 saturated carbocycles. The molecule has 0 aromatic heterocycles. The van der Waals surface area contributed by atoms with Crippen LogP contribution in [-0.2, 0) is 0 Å². The predicted molar refractivity (Wildman–Crippen MR) is 74.8 cm³/mol. The minimum atomic E-state index is -4.73. The molecule has 7 heteroatoms. The van der Waals surface area contributed by atoms with E-state index in [2.05, 4.69) is 20.7 Å². The predicted octanol–water partition coefficient (Wildman–Crippen LogP) is 4.11. The highest BCUT2D eigenvalue weighted by Crippen LogP contribution is 2.28. The minimum absolute atomic E-state index is 0.301. The number of benzene rings is 2. The van der Waals surface area contributed by atoms with Gasteiger partial charge in [0.25, 0.3) is 0 Å². The van der Waals surface area contributed by atoms with Crippen molar-refractivity contribution in [2.24, 2.45) is 5.73 Å². The summed E-state index contributed by atoms with van der Waals surface area (Å²) in [6.07, 6.45) is -4.73. The molecule has 110 valence electrons. The van der Waals surface area contributed by atoms with Crippen molar-refractivity contribution >= 4 is 21.8 Å². The Labute approximate surface area is 126 Å². The molecule has 0 aliphatic carbocycles. The van der Waals surface area contributed by atoms with Crippen molar-refractivity contribution in [3.05, 3.63) is 52.5 Å². The SMILES string of the molecule is NC(=O)c1cc(Br)cc(-c2ccc(OC(F)(F)F)cc2)c1. The van der Waals surface area contributed by atoms with Crippen LogP contribution in [0.1, 0.15) is 10.4 Å². The molecule has 0 unspecified atom stereocenters. The summed E-state index contributed by atoms with van der Waals surface area (Å²) in [5.74, 6) is -0.897. The van der Waals surface area contributed by atoms with Crippen molar-refractivity contribution in [2.45, 2.75) is 6.36 Å². The highest BCUT2D eigenvalue weighted by Gasteiger charge is 2.30. The zero-order valence-corrected chi connectivity index (χ0v) is 12.0. The molecule has 0 spiro atoms. The molecule has 0 atom stereocenters. The maximum atomic E-state index is 12.1. The quantitative estimate of drug-likeness (QED) is 0.896. The molecule has 2 aromatic carbocycles. The minimum Gasteiger partial charge on any atom is -0.406 e. The summed E-state index contributed by atoms with van der Waals surface area (Å²) in [6, 6.07) is 10.2. The summed E-state index contributed by atoms with van der Waals surface area (Å²) >= 11 is 3.25. The summed E-state index contributed by atoms with van der Waals surface area (Å²) in [4.78, 5) is 11.2. The van der Waals surface area contributed by atoms with Crippen molar-refractivity contribution in [1.82, 2.24) is 0 Å². The van der Waals surface area contributed by atoms with Crippen LogP contribution >= 0.6 is 15.9 Å². The molecule has 3 nitrogen and oxygen atoms in total. The number of alkyl halides is 3. The number of hydrogen-bond acceptors (Lipinski definition) is 2. The van der Waals surface area contributed by atoms with Crippen LogP contribution in [0, 0.1) is 0 Å². The standard InChI is InChI=1S/C14H9BrF3NO2/c15-11-6-9(5-10(7-11)13(19)20)8-1-3-12(4-2-8)21-14(16,17)18/h1-7H,(H2,19,20). The van der Waals surface area contributed by atoms with E-state index in [1.54, 1.807) is 18.2 Å². The molecule has 0 heterocycles. The summed E-state index contributed by atoms with van der Waals surface area (Å²) in [7, 11) is 0. The van der Waals surface area contributed by atoms with Gasteiger partial charge in [-0.1, -0.05) is 28.1 Å². The average molecular weight is 360 g/mol. The van der Waals surface area contributed by atoms with E-state index in [9.17, 15) is 18.0 Å². The number of carbonyl (C=O) groups excluding carboxylic acids is 1. The maximum absolute atomic E-state index is 12.1. The third-order valence-corrected chi connectivity index (χ3v) is 3.06. The molecule has 2 aromatic rings. The Balaban J connectivity index is 2.32. The van der Waals surface area contributed by atoms with Gasteiger partial charge in [0.05, 0.1) is 0 Å². The highest BCUT2D eigenvalue weighted by molar-refractivity contribution is 9.10. The van der Waals surface area contributed by atoms with Crippen molar-refractivity contribution in [2.75, 3.05) is 0 Å². The van der Waals surface area contributed by atoms with Gasteiger partial charge in [-0.05, 0) is 41.5 Å². The van der Waals surface area contributed by atoms with Gasteiger partial charge in [-0.15, -0.1) is 13.2 Å². The second kappa shape index (κ2) is 5.77. The third-order valence-electron chi connectivity index (χ3n) is 2.60. The van der Waals surface area contributed by atoms with E-state index in [4.69, 9.17) is 5.73 Å². The highest BCUT2D eigenvalue weighted by atomic mass is 79.9. The van der Waals surface area contributed by atoms with Crippen molar-refractivity contribution in [3.63, 3.8) is 0 Å². The number of primary amides is 1. The molecule has 0 bridgehead atoms. The lowest BCUT2D eigenvalue weighted by atomic mass is 10.0. The van der Waals surface area contributed by atoms with Gasteiger partial charge in [0, 0.05) is 10.0 Å². The smallest absolute Gasteiger partial charge is 0.406 e. The van der Waals surface area contributed by atoms with Crippen LogP contribution in [0.2, 0.25) is 0 Å². The second-order valence-corrected chi connectivity index (χ2v) is 5.08. The lowest BCUT2D eigenvalue weighted by Crippen LogP contribution is -2.16. The van der Waals surface area contributed by atoms with Gasteiger partial charge in [-0.25, -0.2) is 0 Å². The Morgan fingerprint density at radius 2 is 1.67 bits per heavy atom. The fraction of sp³-hybridized carbons (Fsp3) is 0.0714. The Morgan fingerprint density at radius 3 is 2.19 bits per heavy atom. The first-order valence-corrected chi connectivity index (χ1v) is 6.50. The summed E-state index contributed by atoms with van der Waals surface area (Å²) in [5, 5.41) is 0. The van der Waals surface area contributed by atoms with E-state index >= 15 is 0 Å². The van der Waals surface area contributed by atoms with Gasteiger partial charge in [0.1, 0.15) is 5.75 Å². The van der Waals surface area contributed by atoms with E-state index in [0.29, 0.717) is 21.2 Å². The van der Waals surface area contributed by atoms with E-state index < -0.39 is 12.3 Å². The average Bonchev–Trinajstić information content (AvgIpc) is 2.37. The first kappa shape index (κ1) is 15.4. The molecule has 1 amide bonds. The summed E-state index contributed by atoms with van der Waals surface area (Å²) in [6.45, 7) is 0. The van der Waals surface area contributed by atoms with Crippen LogP contribution in [0.15, 0.2) is 46.9 Å². The topological polar surface area (TPSA) is 52.3 Å². The molecule has 0 aliphatic rings.